The van der Waals surface area contributed by atoms with Crippen molar-refractivity contribution >= 4 is 11.9 Å². The van der Waals surface area contributed by atoms with Crippen LogP contribution in [0.1, 0.15) is 13.3 Å². The summed E-state index contributed by atoms with van der Waals surface area (Å²) in [6.07, 6.45) is -0.0305. The van der Waals surface area contributed by atoms with Crippen molar-refractivity contribution in [2.75, 3.05) is 26.9 Å². The maximum absolute atomic E-state index is 11.2. The summed E-state index contributed by atoms with van der Waals surface area (Å²) < 4.78 is 9.58. The first kappa shape index (κ1) is 13.9. The number of methoxy groups -OCH3 is 1. The number of amides is 1. The minimum absolute atomic E-state index is 0.313. The van der Waals surface area contributed by atoms with E-state index in [4.69, 9.17) is 14.6 Å². The van der Waals surface area contributed by atoms with Crippen molar-refractivity contribution in [3.63, 3.8) is 0 Å². The van der Waals surface area contributed by atoms with E-state index < -0.39 is 18.7 Å². The Labute approximate surface area is 88.6 Å². The number of carboxylic acids is 1. The maximum atomic E-state index is 11.2. The molecule has 0 aromatic heterocycles. The van der Waals surface area contributed by atoms with E-state index in [0.29, 0.717) is 19.6 Å². The van der Waals surface area contributed by atoms with Gasteiger partial charge in [-0.3, -0.25) is 4.79 Å². The Bertz CT molecular complexity index is 207. The number of carbonyl (C=O) groups excluding carboxylic acids is 1. The van der Waals surface area contributed by atoms with Crippen molar-refractivity contribution in [2.45, 2.75) is 19.4 Å². The SMILES string of the molecule is COCCCNC(=O)C(C)OCC(=O)O. The fourth-order valence-corrected chi connectivity index (χ4v) is 0.844. The van der Waals surface area contributed by atoms with Crippen LogP contribution in [0.25, 0.3) is 0 Å². The normalized spacial score (nSPS) is 12.1. The first-order chi connectivity index (χ1) is 7.07. The lowest BCUT2D eigenvalue weighted by Gasteiger charge is -2.11. The van der Waals surface area contributed by atoms with E-state index in [1.165, 1.54) is 6.92 Å². The molecule has 0 aliphatic carbocycles. The molecule has 0 saturated heterocycles. The Kier molecular flexibility index (Phi) is 7.57. The van der Waals surface area contributed by atoms with E-state index in [9.17, 15) is 9.59 Å². The van der Waals surface area contributed by atoms with Gasteiger partial charge in [-0.05, 0) is 13.3 Å². The van der Waals surface area contributed by atoms with Crippen LogP contribution < -0.4 is 5.32 Å². The number of carbonyl (C=O) groups is 2. The second-order valence-electron chi connectivity index (χ2n) is 2.98. The molecule has 0 fully saturated rings. The number of carboxylic acid groups (broad SMARTS) is 1. The predicted octanol–water partition coefficient (Wildman–Crippen LogP) is -0.371. The molecule has 15 heavy (non-hydrogen) atoms. The molecule has 1 atom stereocenters. The van der Waals surface area contributed by atoms with Gasteiger partial charge in [-0.1, -0.05) is 0 Å². The number of hydrogen-bond donors (Lipinski definition) is 2. The third-order valence-corrected chi connectivity index (χ3v) is 1.65. The molecular weight excluding hydrogens is 202 g/mol. The topological polar surface area (TPSA) is 84.9 Å². The first-order valence-corrected chi connectivity index (χ1v) is 4.68. The van der Waals surface area contributed by atoms with Crippen molar-refractivity contribution in [3.8, 4) is 0 Å². The Morgan fingerprint density at radius 1 is 1.47 bits per heavy atom. The Morgan fingerprint density at radius 3 is 2.67 bits per heavy atom. The van der Waals surface area contributed by atoms with Gasteiger partial charge in [0, 0.05) is 20.3 Å². The molecule has 6 heteroatoms. The van der Waals surface area contributed by atoms with Gasteiger partial charge in [0.2, 0.25) is 5.91 Å². The molecule has 0 aliphatic heterocycles. The summed E-state index contributed by atoms with van der Waals surface area (Å²) in [6, 6.07) is 0. The van der Waals surface area contributed by atoms with Gasteiger partial charge in [-0.25, -0.2) is 4.79 Å². The second-order valence-corrected chi connectivity index (χ2v) is 2.98. The summed E-state index contributed by atoms with van der Waals surface area (Å²) in [5.74, 6) is -1.40. The van der Waals surface area contributed by atoms with Gasteiger partial charge in [0.1, 0.15) is 12.7 Å². The number of ether oxygens (including phenoxy) is 2. The fourth-order valence-electron chi connectivity index (χ4n) is 0.844. The standard InChI is InChI=1S/C9H17NO5/c1-7(15-6-8(11)12)9(13)10-4-3-5-14-2/h7H,3-6H2,1-2H3,(H,10,13)(H,11,12). The average Bonchev–Trinajstić information content (AvgIpc) is 2.20. The lowest BCUT2D eigenvalue weighted by Crippen LogP contribution is -2.36. The average molecular weight is 219 g/mol. The molecule has 0 aromatic carbocycles. The smallest absolute Gasteiger partial charge is 0.329 e. The first-order valence-electron chi connectivity index (χ1n) is 4.68. The van der Waals surface area contributed by atoms with Crippen molar-refractivity contribution in [3.05, 3.63) is 0 Å². The lowest BCUT2D eigenvalue weighted by atomic mass is 10.3. The zero-order valence-corrected chi connectivity index (χ0v) is 8.99. The number of nitrogens with one attached hydrogen (secondary N) is 1. The fraction of sp³-hybridized carbons (Fsp3) is 0.778. The summed E-state index contributed by atoms with van der Waals surface area (Å²) in [4.78, 5) is 21.4. The van der Waals surface area contributed by atoms with Gasteiger partial charge in [0.05, 0.1) is 0 Å². The highest BCUT2D eigenvalue weighted by molar-refractivity contribution is 5.80. The minimum atomic E-state index is -1.09. The van der Waals surface area contributed by atoms with Crippen LogP contribution in [0.2, 0.25) is 0 Å². The van der Waals surface area contributed by atoms with Crippen molar-refractivity contribution < 1.29 is 24.2 Å². The van der Waals surface area contributed by atoms with E-state index in [2.05, 4.69) is 5.32 Å². The molecular formula is C9H17NO5. The van der Waals surface area contributed by atoms with Crippen molar-refractivity contribution in [2.24, 2.45) is 0 Å². The second kappa shape index (κ2) is 8.19. The van der Waals surface area contributed by atoms with Crippen LogP contribution >= 0.6 is 0 Å². The van der Waals surface area contributed by atoms with Gasteiger partial charge in [0.15, 0.2) is 0 Å². The highest BCUT2D eigenvalue weighted by Gasteiger charge is 2.13. The minimum Gasteiger partial charge on any atom is -0.480 e. The zero-order chi connectivity index (χ0) is 11.7. The number of hydrogen-bond acceptors (Lipinski definition) is 4. The van der Waals surface area contributed by atoms with Gasteiger partial charge < -0.3 is 19.9 Å². The predicted molar refractivity (Wildman–Crippen MR) is 52.6 cm³/mol. The van der Waals surface area contributed by atoms with Crippen LogP contribution in [-0.4, -0.2) is 50.0 Å². The molecule has 88 valence electrons. The van der Waals surface area contributed by atoms with E-state index in [1.54, 1.807) is 7.11 Å². The highest BCUT2D eigenvalue weighted by Crippen LogP contribution is 1.90. The van der Waals surface area contributed by atoms with Crippen molar-refractivity contribution in [1.29, 1.82) is 0 Å². The molecule has 0 radical (unpaired) electrons. The molecule has 0 saturated carbocycles. The molecule has 0 spiro atoms. The van der Waals surface area contributed by atoms with E-state index in [1.807, 2.05) is 0 Å². The summed E-state index contributed by atoms with van der Waals surface area (Å²) >= 11 is 0. The lowest BCUT2D eigenvalue weighted by molar-refractivity contribution is -0.147. The zero-order valence-electron chi connectivity index (χ0n) is 8.99. The van der Waals surface area contributed by atoms with Crippen LogP contribution in [0.4, 0.5) is 0 Å². The highest BCUT2D eigenvalue weighted by atomic mass is 16.5. The molecule has 6 nitrogen and oxygen atoms in total. The summed E-state index contributed by atoms with van der Waals surface area (Å²) in [6.45, 7) is 2.11. The van der Waals surface area contributed by atoms with Crippen LogP contribution in [0, 0.1) is 0 Å². The quantitative estimate of drug-likeness (QED) is 0.544. The molecule has 0 rings (SSSR count). The molecule has 2 N–H and O–H groups in total. The van der Waals surface area contributed by atoms with Gasteiger partial charge in [0.25, 0.3) is 0 Å². The number of rotatable bonds is 8. The number of aliphatic carboxylic acids is 1. The monoisotopic (exact) mass is 219 g/mol. The van der Waals surface area contributed by atoms with E-state index in [-0.39, 0.29) is 5.91 Å². The Hall–Kier alpha value is -1.14. The Balaban J connectivity index is 3.55. The van der Waals surface area contributed by atoms with Gasteiger partial charge in [-0.15, -0.1) is 0 Å². The third-order valence-electron chi connectivity index (χ3n) is 1.65. The Morgan fingerprint density at radius 2 is 2.13 bits per heavy atom. The molecule has 0 heterocycles. The van der Waals surface area contributed by atoms with Gasteiger partial charge >= 0.3 is 5.97 Å². The summed E-state index contributed by atoms with van der Waals surface area (Å²) in [5.41, 5.74) is 0. The maximum Gasteiger partial charge on any atom is 0.329 e. The van der Waals surface area contributed by atoms with Crippen LogP contribution in [0.5, 0.6) is 0 Å². The molecule has 0 aromatic rings. The van der Waals surface area contributed by atoms with E-state index in [0.717, 1.165) is 0 Å². The largest absolute Gasteiger partial charge is 0.480 e. The van der Waals surface area contributed by atoms with Gasteiger partial charge in [-0.2, -0.15) is 0 Å². The third kappa shape index (κ3) is 7.90. The van der Waals surface area contributed by atoms with Crippen LogP contribution in [-0.2, 0) is 19.1 Å². The molecule has 0 bridgehead atoms. The molecule has 0 aliphatic rings. The summed E-state index contributed by atoms with van der Waals surface area (Å²) in [7, 11) is 1.58. The van der Waals surface area contributed by atoms with E-state index >= 15 is 0 Å². The van der Waals surface area contributed by atoms with Crippen LogP contribution in [0.15, 0.2) is 0 Å². The van der Waals surface area contributed by atoms with Crippen LogP contribution in [0.3, 0.4) is 0 Å². The molecule has 1 amide bonds. The molecule has 1 unspecified atom stereocenters. The summed E-state index contributed by atoms with van der Waals surface area (Å²) in [5, 5.41) is 10.9. The van der Waals surface area contributed by atoms with Crippen molar-refractivity contribution in [1.82, 2.24) is 5.32 Å².